The van der Waals surface area contributed by atoms with Gasteiger partial charge in [0.25, 0.3) is 0 Å². The third-order valence-corrected chi connectivity index (χ3v) is 4.68. The first-order valence-corrected chi connectivity index (χ1v) is 7.68. The van der Waals surface area contributed by atoms with E-state index in [0.29, 0.717) is 12.1 Å². The molecule has 1 aliphatic carbocycles. The fourth-order valence-corrected chi connectivity index (χ4v) is 3.63. The Labute approximate surface area is 119 Å². The zero-order valence-corrected chi connectivity index (χ0v) is 13.4. The van der Waals surface area contributed by atoms with E-state index in [4.69, 9.17) is 0 Å². The first kappa shape index (κ1) is 16.9. The lowest BCUT2D eigenvalue weighted by Crippen LogP contribution is -2.56. The molecule has 0 aromatic heterocycles. The van der Waals surface area contributed by atoms with Crippen LogP contribution < -0.4 is 5.32 Å². The highest BCUT2D eigenvalue weighted by atomic mass is 16.3. The summed E-state index contributed by atoms with van der Waals surface area (Å²) < 4.78 is 0. The third-order valence-electron chi connectivity index (χ3n) is 4.68. The molecule has 1 saturated carbocycles. The van der Waals surface area contributed by atoms with Gasteiger partial charge in [0.05, 0.1) is 6.61 Å². The van der Waals surface area contributed by atoms with Crippen LogP contribution in [0.5, 0.6) is 0 Å². The Morgan fingerprint density at radius 3 is 2.58 bits per heavy atom. The lowest BCUT2D eigenvalue weighted by Gasteiger charge is -2.46. The Morgan fingerprint density at radius 1 is 1.42 bits per heavy atom. The number of nitrogens with one attached hydrogen (secondary N) is 1. The van der Waals surface area contributed by atoms with Crippen LogP contribution in [-0.2, 0) is 0 Å². The van der Waals surface area contributed by atoms with Crippen molar-refractivity contribution >= 4 is 0 Å². The molecule has 0 radical (unpaired) electrons. The van der Waals surface area contributed by atoms with E-state index in [2.05, 4.69) is 43.1 Å². The topological polar surface area (TPSA) is 38.7 Å². The molecule has 0 aliphatic heterocycles. The number of hydrogen-bond acceptors (Lipinski definition) is 4. The minimum Gasteiger partial charge on any atom is -0.394 e. The molecule has 0 aromatic carbocycles. The number of likely N-dealkylation sites (N-methyl/N-ethyl adjacent to an activating group) is 3. The second-order valence-corrected chi connectivity index (χ2v) is 6.38. The Balaban J connectivity index is 2.70. The van der Waals surface area contributed by atoms with Crippen molar-refractivity contribution in [2.75, 3.05) is 40.8 Å². The van der Waals surface area contributed by atoms with Crippen molar-refractivity contribution in [2.24, 2.45) is 0 Å². The van der Waals surface area contributed by atoms with E-state index in [9.17, 15) is 5.11 Å². The van der Waals surface area contributed by atoms with Gasteiger partial charge in [0.2, 0.25) is 0 Å². The molecule has 0 saturated heterocycles. The predicted molar refractivity (Wildman–Crippen MR) is 81.5 cm³/mol. The molecule has 1 aliphatic rings. The highest BCUT2D eigenvalue weighted by molar-refractivity contribution is 4.96. The van der Waals surface area contributed by atoms with Gasteiger partial charge in [-0.25, -0.2) is 0 Å². The maximum atomic E-state index is 9.71. The number of aliphatic hydroxyl groups is 1. The number of hydrogen-bond donors (Lipinski definition) is 2. The predicted octanol–water partition coefficient (Wildman–Crippen LogP) is 1.15. The molecular formula is C15H33N3O. The average molecular weight is 271 g/mol. The summed E-state index contributed by atoms with van der Waals surface area (Å²) in [4.78, 5) is 4.87. The summed E-state index contributed by atoms with van der Waals surface area (Å²) in [6, 6.07) is 1.16. The summed E-state index contributed by atoms with van der Waals surface area (Å²) in [5.41, 5.74) is -0.0613. The molecule has 0 spiro atoms. The SMILES string of the molecule is CCN(C(C)CN(C)C)C1CCCC(CO)(NC)C1. The van der Waals surface area contributed by atoms with Gasteiger partial charge >= 0.3 is 0 Å². The second kappa shape index (κ2) is 7.58. The maximum Gasteiger partial charge on any atom is 0.0613 e. The molecule has 4 heteroatoms. The molecule has 3 unspecified atom stereocenters. The molecule has 0 bridgehead atoms. The van der Waals surface area contributed by atoms with Crippen molar-refractivity contribution in [3.8, 4) is 0 Å². The lowest BCUT2D eigenvalue weighted by molar-refractivity contribution is 0.0423. The van der Waals surface area contributed by atoms with Crippen molar-refractivity contribution in [1.29, 1.82) is 0 Å². The molecule has 1 fully saturated rings. The molecule has 1 rings (SSSR count). The van der Waals surface area contributed by atoms with E-state index in [0.717, 1.165) is 25.9 Å². The van der Waals surface area contributed by atoms with Crippen LogP contribution in [0.4, 0.5) is 0 Å². The summed E-state index contributed by atoms with van der Waals surface area (Å²) >= 11 is 0. The Bertz CT molecular complexity index is 254. The van der Waals surface area contributed by atoms with Gasteiger partial charge < -0.3 is 15.3 Å². The van der Waals surface area contributed by atoms with Crippen molar-refractivity contribution in [3.05, 3.63) is 0 Å². The van der Waals surface area contributed by atoms with Crippen LogP contribution in [-0.4, -0.2) is 73.4 Å². The summed E-state index contributed by atoms with van der Waals surface area (Å²) in [7, 11) is 6.26. The molecule has 2 N–H and O–H groups in total. The average Bonchev–Trinajstić information content (AvgIpc) is 2.39. The fourth-order valence-electron chi connectivity index (χ4n) is 3.63. The Kier molecular flexibility index (Phi) is 6.74. The molecule has 0 aromatic rings. The molecule has 0 amide bonds. The van der Waals surface area contributed by atoms with E-state index in [1.807, 2.05) is 7.05 Å². The van der Waals surface area contributed by atoms with Gasteiger partial charge in [-0.3, -0.25) is 4.90 Å². The molecule has 3 atom stereocenters. The van der Waals surface area contributed by atoms with Crippen LogP contribution >= 0.6 is 0 Å². The van der Waals surface area contributed by atoms with Gasteiger partial charge in [-0.2, -0.15) is 0 Å². The van der Waals surface area contributed by atoms with E-state index in [1.165, 1.54) is 12.8 Å². The minimum atomic E-state index is -0.0613. The lowest BCUT2D eigenvalue weighted by atomic mass is 9.78. The van der Waals surface area contributed by atoms with Crippen LogP contribution in [0.15, 0.2) is 0 Å². The van der Waals surface area contributed by atoms with Gasteiger partial charge in [-0.1, -0.05) is 6.92 Å². The number of nitrogens with zero attached hydrogens (tertiary/aromatic N) is 2. The molecular weight excluding hydrogens is 238 g/mol. The van der Waals surface area contributed by atoms with Gasteiger partial charge in [-0.15, -0.1) is 0 Å². The number of aliphatic hydroxyl groups excluding tert-OH is 1. The van der Waals surface area contributed by atoms with Crippen LogP contribution in [0, 0.1) is 0 Å². The van der Waals surface area contributed by atoms with Gasteiger partial charge in [-0.05, 0) is 60.3 Å². The van der Waals surface area contributed by atoms with Crippen molar-refractivity contribution in [3.63, 3.8) is 0 Å². The largest absolute Gasteiger partial charge is 0.394 e. The molecule has 4 nitrogen and oxygen atoms in total. The Morgan fingerprint density at radius 2 is 2.11 bits per heavy atom. The highest BCUT2D eigenvalue weighted by Crippen LogP contribution is 2.31. The van der Waals surface area contributed by atoms with Gasteiger partial charge in [0.1, 0.15) is 0 Å². The van der Waals surface area contributed by atoms with E-state index >= 15 is 0 Å². The summed E-state index contributed by atoms with van der Waals surface area (Å²) in [6.45, 7) is 7.00. The van der Waals surface area contributed by atoms with E-state index < -0.39 is 0 Å². The van der Waals surface area contributed by atoms with E-state index in [1.54, 1.807) is 0 Å². The first-order valence-electron chi connectivity index (χ1n) is 7.68. The van der Waals surface area contributed by atoms with Crippen LogP contribution in [0.3, 0.4) is 0 Å². The summed E-state index contributed by atoms with van der Waals surface area (Å²) in [5, 5.41) is 13.1. The molecule has 0 heterocycles. The van der Waals surface area contributed by atoms with Crippen LogP contribution in [0.1, 0.15) is 39.5 Å². The van der Waals surface area contributed by atoms with Gasteiger partial charge in [0, 0.05) is 24.2 Å². The zero-order valence-electron chi connectivity index (χ0n) is 13.4. The standard InChI is InChI=1S/C15H33N3O/c1-6-18(13(2)11-17(4)5)14-8-7-9-15(10-14,12-19)16-3/h13-14,16,19H,6-12H2,1-5H3. The summed E-state index contributed by atoms with van der Waals surface area (Å²) in [5.74, 6) is 0. The Hall–Kier alpha value is -0.160. The monoisotopic (exact) mass is 271 g/mol. The van der Waals surface area contributed by atoms with E-state index in [-0.39, 0.29) is 12.1 Å². The van der Waals surface area contributed by atoms with Crippen molar-refractivity contribution in [1.82, 2.24) is 15.1 Å². The van der Waals surface area contributed by atoms with Crippen LogP contribution in [0.2, 0.25) is 0 Å². The normalized spacial score (nSPS) is 30.0. The third kappa shape index (κ3) is 4.42. The fraction of sp³-hybridized carbons (Fsp3) is 1.00. The quantitative estimate of drug-likeness (QED) is 0.729. The molecule has 19 heavy (non-hydrogen) atoms. The van der Waals surface area contributed by atoms with Gasteiger partial charge in [0.15, 0.2) is 0 Å². The zero-order chi connectivity index (χ0) is 14.5. The van der Waals surface area contributed by atoms with Crippen molar-refractivity contribution in [2.45, 2.75) is 57.2 Å². The second-order valence-electron chi connectivity index (χ2n) is 6.38. The molecule has 114 valence electrons. The first-order chi connectivity index (χ1) is 8.98. The highest BCUT2D eigenvalue weighted by Gasteiger charge is 2.37. The summed E-state index contributed by atoms with van der Waals surface area (Å²) in [6.07, 6.45) is 4.62. The van der Waals surface area contributed by atoms with Crippen molar-refractivity contribution < 1.29 is 5.11 Å². The maximum absolute atomic E-state index is 9.71. The van der Waals surface area contributed by atoms with Crippen LogP contribution in [0.25, 0.3) is 0 Å². The number of rotatable bonds is 7. The smallest absolute Gasteiger partial charge is 0.0613 e. The minimum absolute atomic E-state index is 0.0613.